The third-order valence-electron chi connectivity index (χ3n) is 1.99. The molecule has 5 heteroatoms. The van der Waals surface area contributed by atoms with Crippen molar-refractivity contribution in [1.29, 1.82) is 0 Å². The van der Waals surface area contributed by atoms with E-state index in [1.54, 1.807) is 6.92 Å². The molecule has 0 aliphatic heterocycles. The van der Waals surface area contributed by atoms with E-state index in [1.165, 1.54) is 0 Å². The summed E-state index contributed by atoms with van der Waals surface area (Å²) in [5.41, 5.74) is 0. The normalized spacial score (nSPS) is 12.3. The van der Waals surface area contributed by atoms with Crippen LogP contribution in [0.3, 0.4) is 0 Å². The van der Waals surface area contributed by atoms with Gasteiger partial charge in [0.05, 0.1) is 6.54 Å². The van der Waals surface area contributed by atoms with E-state index in [9.17, 15) is 9.59 Å². The van der Waals surface area contributed by atoms with Gasteiger partial charge in [-0.15, -0.1) is 0 Å². The summed E-state index contributed by atoms with van der Waals surface area (Å²) in [4.78, 5) is 22.8. The predicted octanol–water partition coefficient (Wildman–Crippen LogP) is 0.0153. The molecule has 5 nitrogen and oxygen atoms in total. The van der Waals surface area contributed by atoms with Crippen molar-refractivity contribution >= 4 is 11.8 Å². The fourth-order valence-electron chi connectivity index (χ4n) is 1.06. The molecule has 0 aromatic rings. The van der Waals surface area contributed by atoms with Crippen molar-refractivity contribution in [2.24, 2.45) is 0 Å². The summed E-state index contributed by atoms with van der Waals surface area (Å²) in [6.45, 7) is 8.47. The predicted molar refractivity (Wildman–Crippen MR) is 64.0 cm³/mol. The first-order valence-corrected chi connectivity index (χ1v) is 5.77. The highest BCUT2D eigenvalue weighted by atomic mass is 16.2. The van der Waals surface area contributed by atoms with E-state index >= 15 is 0 Å². The molecule has 0 aliphatic carbocycles. The highest BCUT2D eigenvalue weighted by molar-refractivity contribution is 5.87. The van der Waals surface area contributed by atoms with Crippen molar-refractivity contribution in [3.63, 3.8) is 0 Å². The molecule has 0 saturated heterocycles. The van der Waals surface area contributed by atoms with E-state index in [0.29, 0.717) is 6.54 Å². The zero-order chi connectivity index (χ0) is 12.6. The SMILES string of the molecule is CCCNC(=O)C(C)NC(=O)CNC(C)C. The van der Waals surface area contributed by atoms with Gasteiger partial charge in [0.15, 0.2) is 0 Å². The van der Waals surface area contributed by atoms with E-state index in [-0.39, 0.29) is 24.4 Å². The van der Waals surface area contributed by atoms with Gasteiger partial charge in [-0.2, -0.15) is 0 Å². The third-order valence-corrected chi connectivity index (χ3v) is 1.99. The molecule has 94 valence electrons. The van der Waals surface area contributed by atoms with Crippen LogP contribution in [0.1, 0.15) is 34.1 Å². The van der Waals surface area contributed by atoms with Crippen LogP contribution in [0, 0.1) is 0 Å². The molecule has 0 radical (unpaired) electrons. The Morgan fingerprint density at radius 2 is 1.81 bits per heavy atom. The van der Waals surface area contributed by atoms with Gasteiger partial charge >= 0.3 is 0 Å². The van der Waals surface area contributed by atoms with Crippen LogP contribution in [0.4, 0.5) is 0 Å². The maximum atomic E-state index is 11.4. The Bertz CT molecular complexity index is 229. The van der Waals surface area contributed by atoms with Crippen LogP contribution in [0.2, 0.25) is 0 Å². The summed E-state index contributed by atoms with van der Waals surface area (Å²) in [6, 6.07) is -0.219. The second-order valence-electron chi connectivity index (χ2n) is 4.12. The molecule has 0 rings (SSSR count). The summed E-state index contributed by atoms with van der Waals surface area (Å²) < 4.78 is 0. The van der Waals surface area contributed by atoms with Gasteiger partial charge in [-0.1, -0.05) is 20.8 Å². The molecule has 16 heavy (non-hydrogen) atoms. The monoisotopic (exact) mass is 229 g/mol. The van der Waals surface area contributed by atoms with Crippen LogP contribution >= 0.6 is 0 Å². The molecule has 0 aromatic heterocycles. The Morgan fingerprint density at radius 1 is 1.19 bits per heavy atom. The molecule has 0 fully saturated rings. The molecule has 0 aromatic carbocycles. The minimum Gasteiger partial charge on any atom is -0.354 e. The van der Waals surface area contributed by atoms with Crippen molar-refractivity contribution in [2.75, 3.05) is 13.1 Å². The average Bonchev–Trinajstić information content (AvgIpc) is 2.22. The fourth-order valence-corrected chi connectivity index (χ4v) is 1.06. The van der Waals surface area contributed by atoms with E-state index < -0.39 is 6.04 Å². The van der Waals surface area contributed by atoms with Crippen LogP contribution in [0.25, 0.3) is 0 Å². The van der Waals surface area contributed by atoms with Gasteiger partial charge in [0.1, 0.15) is 6.04 Å². The van der Waals surface area contributed by atoms with Crippen LogP contribution in [-0.2, 0) is 9.59 Å². The molecule has 0 bridgehead atoms. The number of carbonyl (C=O) groups is 2. The molecule has 1 unspecified atom stereocenters. The average molecular weight is 229 g/mol. The van der Waals surface area contributed by atoms with Crippen LogP contribution in [0.15, 0.2) is 0 Å². The van der Waals surface area contributed by atoms with Gasteiger partial charge < -0.3 is 16.0 Å². The number of rotatable bonds is 7. The highest BCUT2D eigenvalue weighted by Gasteiger charge is 2.14. The lowest BCUT2D eigenvalue weighted by molar-refractivity contribution is -0.128. The summed E-state index contributed by atoms with van der Waals surface area (Å²) >= 11 is 0. The molecule has 0 heterocycles. The zero-order valence-corrected chi connectivity index (χ0v) is 10.6. The fraction of sp³-hybridized carbons (Fsp3) is 0.818. The first-order valence-electron chi connectivity index (χ1n) is 5.77. The van der Waals surface area contributed by atoms with Gasteiger partial charge in [0.2, 0.25) is 11.8 Å². The van der Waals surface area contributed by atoms with Gasteiger partial charge in [-0.3, -0.25) is 9.59 Å². The third kappa shape index (κ3) is 7.23. The van der Waals surface area contributed by atoms with Crippen LogP contribution in [-0.4, -0.2) is 37.0 Å². The highest BCUT2D eigenvalue weighted by Crippen LogP contribution is 1.83. The zero-order valence-electron chi connectivity index (χ0n) is 10.6. The van der Waals surface area contributed by atoms with Crippen LogP contribution in [0.5, 0.6) is 0 Å². The van der Waals surface area contributed by atoms with E-state index in [0.717, 1.165) is 6.42 Å². The lowest BCUT2D eigenvalue weighted by Crippen LogP contribution is -2.48. The Labute approximate surface area is 97.4 Å². The summed E-state index contributed by atoms with van der Waals surface area (Å²) in [5, 5.41) is 8.35. The summed E-state index contributed by atoms with van der Waals surface area (Å²) in [7, 11) is 0. The van der Waals surface area contributed by atoms with Crippen molar-refractivity contribution in [1.82, 2.24) is 16.0 Å². The molecule has 1 atom stereocenters. The molecule has 0 aliphatic rings. The van der Waals surface area contributed by atoms with Gasteiger partial charge in [-0.05, 0) is 13.3 Å². The quantitative estimate of drug-likeness (QED) is 0.576. The van der Waals surface area contributed by atoms with Crippen molar-refractivity contribution in [3.8, 4) is 0 Å². The van der Waals surface area contributed by atoms with E-state index in [4.69, 9.17) is 0 Å². The molecule has 0 saturated carbocycles. The first-order chi connectivity index (χ1) is 7.47. The lowest BCUT2D eigenvalue weighted by Gasteiger charge is -2.14. The van der Waals surface area contributed by atoms with Gasteiger partial charge in [-0.25, -0.2) is 0 Å². The Morgan fingerprint density at radius 3 is 2.31 bits per heavy atom. The molecule has 2 amide bonds. The summed E-state index contributed by atoms with van der Waals surface area (Å²) in [6.07, 6.45) is 0.890. The Hall–Kier alpha value is -1.10. The van der Waals surface area contributed by atoms with E-state index in [2.05, 4.69) is 16.0 Å². The Kier molecular flexibility index (Phi) is 7.54. The first kappa shape index (κ1) is 14.9. The second-order valence-corrected chi connectivity index (χ2v) is 4.12. The molecule has 0 spiro atoms. The van der Waals surface area contributed by atoms with Crippen molar-refractivity contribution in [2.45, 2.75) is 46.2 Å². The van der Waals surface area contributed by atoms with Crippen LogP contribution < -0.4 is 16.0 Å². The maximum absolute atomic E-state index is 11.4. The standard InChI is InChI=1S/C11H23N3O2/c1-5-6-12-11(16)9(4)14-10(15)7-13-8(2)3/h8-9,13H,5-7H2,1-4H3,(H,12,16)(H,14,15). The minimum atomic E-state index is -0.479. The topological polar surface area (TPSA) is 70.2 Å². The number of hydrogen-bond donors (Lipinski definition) is 3. The number of hydrogen-bond acceptors (Lipinski definition) is 3. The maximum Gasteiger partial charge on any atom is 0.242 e. The second kappa shape index (κ2) is 8.10. The molecular formula is C11H23N3O2. The largest absolute Gasteiger partial charge is 0.354 e. The lowest BCUT2D eigenvalue weighted by atomic mass is 10.3. The van der Waals surface area contributed by atoms with Gasteiger partial charge in [0, 0.05) is 12.6 Å². The van der Waals surface area contributed by atoms with Crippen molar-refractivity contribution < 1.29 is 9.59 Å². The molecular weight excluding hydrogens is 206 g/mol. The number of amides is 2. The number of carbonyl (C=O) groups excluding carboxylic acids is 2. The Balaban J connectivity index is 3.80. The number of nitrogens with one attached hydrogen (secondary N) is 3. The van der Waals surface area contributed by atoms with Gasteiger partial charge in [0.25, 0.3) is 0 Å². The minimum absolute atomic E-state index is 0.139. The summed E-state index contributed by atoms with van der Waals surface area (Å²) in [5.74, 6) is -0.299. The van der Waals surface area contributed by atoms with Crippen molar-refractivity contribution in [3.05, 3.63) is 0 Å². The smallest absolute Gasteiger partial charge is 0.242 e. The van der Waals surface area contributed by atoms with E-state index in [1.807, 2.05) is 20.8 Å². The molecule has 3 N–H and O–H groups in total.